The summed E-state index contributed by atoms with van der Waals surface area (Å²) >= 11 is 0. The Bertz CT molecular complexity index is 404. The molecule has 1 rings (SSSR count). The van der Waals surface area contributed by atoms with Crippen LogP contribution in [0.5, 0.6) is 0 Å². The zero-order chi connectivity index (χ0) is 20.5. The van der Waals surface area contributed by atoms with Crippen molar-refractivity contribution in [1.82, 2.24) is 0 Å². The molecule has 0 saturated heterocycles. The summed E-state index contributed by atoms with van der Waals surface area (Å²) in [6.07, 6.45) is 19.1. The van der Waals surface area contributed by atoms with Crippen LogP contribution in [0, 0.1) is 11.8 Å². The lowest BCUT2D eigenvalue weighted by molar-refractivity contribution is -0.161. The van der Waals surface area contributed by atoms with Gasteiger partial charge in [0, 0.05) is 0 Å². The molecule has 0 unspecified atom stereocenters. The van der Waals surface area contributed by atoms with E-state index < -0.39 is 0 Å². The highest BCUT2D eigenvalue weighted by atomic mass is 16.5. The van der Waals surface area contributed by atoms with Crippen LogP contribution in [0.4, 0.5) is 0 Å². The molecule has 2 atom stereocenters. The molecule has 0 fully saturated rings. The predicted octanol–water partition coefficient (Wildman–Crippen LogP) is 6.38. The first kappa shape index (κ1) is 24.7. The Morgan fingerprint density at radius 1 is 0.643 bits per heavy atom. The Morgan fingerprint density at radius 3 is 1.39 bits per heavy atom. The molecular formula is C24H42O4. The molecule has 0 bridgehead atoms. The van der Waals surface area contributed by atoms with E-state index in [1.54, 1.807) is 0 Å². The van der Waals surface area contributed by atoms with Gasteiger partial charge in [0.2, 0.25) is 0 Å². The highest BCUT2D eigenvalue weighted by Crippen LogP contribution is 2.28. The topological polar surface area (TPSA) is 52.6 Å². The molecule has 0 aromatic rings. The second-order valence-electron chi connectivity index (χ2n) is 8.03. The molecule has 0 heterocycles. The number of esters is 2. The largest absolute Gasteiger partial charge is 0.465 e. The lowest BCUT2D eigenvalue weighted by atomic mass is 9.83. The number of ether oxygens (including phenoxy) is 2. The molecule has 0 aliphatic heterocycles. The van der Waals surface area contributed by atoms with E-state index in [9.17, 15) is 9.59 Å². The zero-order valence-electron chi connectivity index (χ0n) is 18.3. The molecular weight excluding hydrogens is 352 g/mol. The van der Waals surface area contributed by atoms with Crippen molar-refractivity contribution in [3.05, 3.63) is 12.2 Å². The molecule has 0 aromatic heterocycles. The van der Waals surface area contributed by atoms with Crippen molar-refractivity contribution in [3.63, 3.8) is 0 Å². The number of hydrogen-bond acceptors (Lipinski definition) is 4. The maximum absolute atomic E-state index is 12.5. The summed E-state index contributed by atoms with van der Waals surface area (Å²) in [5.41, 5.74) is 0. The Hall–Kier alpha value is -1.32. The first-order valence-electron chi connectivity index (χ1n) is 11.7. The van der Waals surface area contributed by atoms with Gasteiger partial charge in [0.1, 0.15) is 0 Å². The van der Waals surface area contributed by atoms with Gasteiger partial charge in [-0.1, -0.05) is 90.2 Å². The van der Waals surface area contributed by atoms with Crippen molar-refractivity contribution in [1.29, 1.82) is 0 Å². The Labute approximate surface area is 172 Å². The fourth-order valence-electron chi connectivity index (χ4n) is 3.66. The SMILES string of the molecule is CCCCCCCCOC(=O)[C@H]1CC=CC[C@H]1C(=O)OCCCCCCCC. The van der Waals surface area contributed by atoms with Crippen LogP contribution in [0.3, 0.4) is 0 Å². The summed E-state index contributed by atoms with van der Waals surface area (Å²) in [7, 11) is 0. The fraction of sp³-hybridized carbons (Fsp3) is 0.833. The van der Waals surface area contributed by atoms with E-state index in [4.69, 9.17) is 9.47 Å². The van der Waals surface area contributed by atoms with Gasteiger partial charge in [-0.05, 0) is 25.7 Å². The number of allylic oxidation sites excluding steroid dienone is 2. The quantitative estimate of drug-likeness (QED) is 0.173. The summed E-state index contributed by atoms with van der Waals surface area (Å²) in [5.74, 6) is -1.25. The van der Waals surface area contributed by atoms with Crippen molar-refractivity contribution < 1.29 is 19.1 Å². The third-order valence-electron chi connectivity index (χ3n) is 5.52. The Kier molecular flexibility index (Phi) is 14.7. The normalized spacial score (nSPS) is 18.8. The standard InChI is InChI=1S/C24H42O4/c1-3-5-7-9-11-15-19-27-23(25)21-17-13-14-18-22(21)24(26)28-20-16-12-10-8-6-4-2/h13-14,21-22H,3-12,15-20H2,1-2H3/t21-,22+. The fourth-order valence-corrected chi connectivity index (χ4v) is 3.66. The molecule has 28 heavy (non-hydrogen) atoms. The smallest absolute Gasteiger partial charge is 0.310 e. The van der Waals surface area contributed by atoms with Gasteiger partial charge in [-0.3, -0.25) is 9.59 Å². The van der Waals surface area contributed by atoms with Gasteiger partial charge in [-0.2, -0.15) is 0 Å². The first-order chi connectivity index (χ1) is 13.7. The third-order valence-corrected chi connectivity index (χ3v) is 5.52. The van der Waals surface area contributed by atoms with Gasteiger partial charge in [-0.25, -0.2) is 0 Å². The van der Waals surface area contributed by atoms with Crippen LogP contribution in [0.25, 0.3) is 0 Å². The second-order valence-corrected chi connectivity index (χ2v) is 8.03. The van der Waals surface area contributed by atoms with Gasteiger partial charge in [0.05, 0.1) is 25.0 Å². The Morgan fingerprint density at radius 2 is 1.00 bits per heavy atom. The summed E-state index contributed by atoms with van der Waals surface area (Å²) in [6.45, 7) is 5.33. The molecule has 162 valence electrons. The third kappa shape index (κ3) is 10.9. The van der Waals surface area contributed by atoms with Crippen LogP contribution in [0.1, 0.15) is 104 Å². The lowest BCUT2D eigenvalue weighted by Crippen LogP contribution is -2.34. The van der Waals surface area contributed by atoms with Crippen molar-refractivity contribution in [2.24, 2.45) is 11.8 Å². The van der Waals surface area contributed by atoms with Crippen LogP contribution in [0.2, 0.25) is 0 Å². The summed E-state index contributed by atoms with van der Waals surface area (Å²) < 4.78 is 10.9. The van der Waals surface area contributed by atoms with Crippen LogP contribution in [0.15, 0.2) is 12.2 Å². The minimum absolute atomic E-state index is 0.237. The molecule has 1 aliphatic carbocycles. The molecule has 0 radical (unpaired) electrons. The number of carbonyl (C=O) groups excluding carboxylic acids is 2. The number of carbonyl (C=O) groups is 2. The molecule has 0 spiro atoms. The number of unbranched alkanes of at least 4 members (excludes halogenated alkanes) is 10. The van der Waals surface area contributed by atoms with Crippen LogP contribution >= 0.6 is 0 Å². The Balaban J connectivity index is 2.24. The molecule has 0 aromatic carbocycles. The van der Waals surface area contributed by atoms with E-state index >= 15 is 0 Å². The maximum atomic E-state index is 12.5. The van der Waals surface area contributed by atoms with E-state index in [1.807, 2.05) is 12.2 Å². The highest BCUT2D eigenvalue weighted by Gasteiger charge is 2.36. The van der Waals surface area contributed by atoms with Gasteiger partial charge in [-0.15, -0.1) is 0 Å². The molecule has 0 N–H and O–H groups in total. The van der Waals surface area contributed by atoms with Gasteiger partial charge in [0.25, 0.3) is 0 Å². The zero-order valence-corrected chi connectivity index (χ0v) is 18.3. The van der Waals surface area contributed by atoms with Crippen molar-refractivity contribution in [2.45, 2.75) is 104 Å². The molecule has 1 aliphatic rings. The van der Waals surface area contributed by atoms with Crippen LogP contribution < -0.4 is 0 Å². The van der Waals surface area contributed by atoms with Crippen LogP contribution in [-0.4, -0.2) is 25.2 Å². The van der Waals surface area contributed by atoms with E-state index in [0.29, 0.717) is 26.1 Å². The molecule has 4 nitrogen and oxygen atoms in total. The van der Waals surface area contributed by atoms with E-state index in [1.165, 1.54) is 51.4 Å². The average molecular weight is 395 g/mol. The highest BCUT2D eigenvalue weighted by molar-refractivity contribution is 5.82. The summed E-state index contributed by atoms with van der Waals surface area (Å²) in [4.78, 5) is 24.9. The van der Waals surface area contributed by atoms with Gasteiger partial charge < -0.3 is 9.47 Å². The monoisotopic (exact) mass is 394 g/mol. The number of rotatable bonds is 16. The average Bonchev–Trinajstić information content (AvgIpc) is 2.72. The summed E-state index contributed by atoms with van der Waals surface area (Å²) in [6, 6.07) is 0. The van der Waals surface area contributed by atoms with Crippen LogP contribution in [-0.2, 0) is 19.1 Å². The number of hydrogen-bond donors (Lipinski definition) is 0. The predicted molar refractivity (Wildman–Crippen MR) is 114 cm³/mol. The van der Waals surface area contributed by atoms with E-state index in [-0.39, 0.29) is 23.8 Å². The molecule has 0 saturated carbocycles. The lowest BCUT2D eigenvalue weighted by Gasteiger charge is -2.25. The molecule has 0 amide bonds. The summed E-state index contributed by atoms with van der Waals surface area (Å²) in [5, 5.41) is 0. The molecule has 4 heteroatoms. The maximum Gasteiger partial charge on any atom is 0.310 e. The van der Waals surface area contributed by atoms with Gasteiger partial charge >= 0.3 is 11.9 Å². The minimum Gasteiger partial charge on any atom is -0.465 e. The van der Waals surface area contributed by atoms with E-state index in [0.717, 1.165) is 25.7 Å². The van der Waals surface area contributed by atoms with Crippen molar-refractivity contribution in [2.75, 3.05) is 13.2 Å². The first-order valence-corrected chi connectivity index (χ1v) is 11.7. The van der Waals surface area contributed by atoms with Crippen molar-refractivity contribution >= 4 is 11.9 Å². The second kappa shape index (κ2) is 16.6. The van der Waals surface area contributed by atoms with Crippen molar-refractivity contribution in [3.8, 4) is 0 Å². The van der Waals surface area contributed by atoms with Gasteiger partial charge in [0.15, 0.2) is 0 Å². The minimum atomic E-state index is -0.387. The van der Waals surface area contributed by atoms with E-state index in [2.05, 4.69) is 13.8 Å².